The Morgan fingerprint density at radius 2 is 2.39 bits per heavy atom. The Morgan fingerprint density at radius 3 is 3.06 bits per heavy atom. The van der Waals surface area contributed by atoms with Gasteiger partial charge in [0, 0.05) is 31.4 Å². The van der Waals surface area contributed by atoms with Crippen LogP contribution in [0.2, 0.25) is 0 Å². The summed E-state index contributed by atoms with van der Waals surface area (Å²) in [4.78, 5) is 6.75. The lowest BCUT2D eigenvalue weighted by Gasteiger charge is -2.33. The Labute approximate surface area is 109 Å². The quantitative estimate of drug-likeness (QED) is 0.861. The number of likely N-dealkylation sites (N-methyl/N-ethyl adjacent to an activating group) is 1. The molecule has 1 fully saturated rings. The van der Waals surface area contributed by atoms with Gasteiger partial charge in [0.25, 0.3) is 0 Å². The van der Waals surface area contributed by atoms with Crippen LogP contribution in [0.5, 0.6) is 5.88 Å². The highest BCUT2D eigenvalue weighted by Gasteiger charge is 2.18. The molecule has 1 saturated heterocycles. The molecule has 0 saturated carbocycles. The van der Waals surface area contributed by atoms with Crippen LogP contribution >= 0.6 is 0 Å². The topological polar surface area (TPSA) is 37.4 Å². The summed E-state index contributed by atoms with van der Waals surface area (Å²) >= 11 is 0. The molecule has 4 nitrogen and oxygen atoms in total. The number of rotatable bonds is 5. The molecular formula is C14H23N3O. The lowest BCUT2D eigenvalue weighted by atomic mass is 10.1. The fourth-order valence-corrected chi connectivity index (χ4v) is 2.54. The second-order valence-electron chi connectivity index (χ2n) is 4.84. The molecule has 0 aliphatic carbocycles. The first kappa shape index (κ1) is 13.3. The minimum absolute atomic E-state index is 0.648. The third-order valence-electron chi connectivity index (χ3n) is 3.41. The zero-order valence-electron chi connectivity index (χ0n) is 11.4. The molecular weight excluding hydrogens is 226 g/mol. The van der Waals surface area contributed by atoms with Gasteiger partial charge in [-0.1, -0.05) is 13.0 Å². The lowest BCUT2D eigenvalue weighted by Crippen LogP contribution is -2.45. The van der Waals surface area contributed by atoms with E-state index in [0.29, 0.717) is 11.9 Å². The van der Waals surface area contributed by atoms with Gasteiger partial charge < -0.3 is 10.1 Å². The first-order chi connectivity index (χ1) is 8.81. The number of aromatic nitrogens is 1. The fourth-order valence-electron chi connectivity index (χ4n) is 2.54. The van der Waals surface area contributed by atoms with Crippen LogP contribution in [0, 0.1) is 0 Å². The average molecular weight is 249 g/mol. The summed E-state index contributed by atoms with van der Waals surface area (Å²) in [5.74, 6) is 0.683. The SMILES string of the molecule is CCNC1CCCN(Cc2ccc(OC)nc2)C1. The molecule has 1 N–H and O–H groups in total. The third-order valence-corrected chi connectivity index (χ3v) is 3.41. The third kappa shape index (κ3) is 3.68. The molecule has 4 heteroatoms. The van der Waals surface area contributed by atoms with Crippen molar-refractivity contribution >= 4 is 0 Å². The number of pyridine rings is 1. The van der Waals surface area contributed by atoms with Crippen molar-refractivity contribution in [3.63, 3.8) is 0 Å². The van der Waals surface area contributed by atoms with Gasteiger partial charge in [0.2, 0.25) is 5.88 Å². The summed E-state index contributed by atoms with van der Waals surface area (Å²) in [7, 11) is 1.65. The summed E-state index contributed by atoms with van der Waals surface area (Å²) in [6.07, 6.45) is 4.49. The maximum Gasteiger partial charge on any atom is 0.212 e. The predicted octanol–water partition coefficient (Wildman–Crippen LogP) is 1.66. The number of methoxy groups -OCH3 is 1. The lowest BCUT2D eigenvalue weighted by molar-refractivity contribution is 0.184. The average Bonchev–Trinajstić information content (AvgIpc) is 2.40. The summed E-state index contributed by atoms with van der Waals surface area (Å²) in [5, 5.41) is 3.54. The molecule has 0 aromatic carbocycles. The molecule has 2 rings (SSSR count). The van der Waals surface area contributed by atoms with Crippen molar-refractivity contribution < 1.29 is 4.74 Å². The van der Waals surface area contributed by atoms with Crippen LogP contribution in [0.4, 0.5) is 0 Å². The molecule has 0 radical (unpaired) electrons. The Bertz CT molecular complexity index is 351. The predicted molar refractivity (Wildman–Crippen MR) is 72.8 cm³/mol. The van der Waals surface area contributed by atoms with Gasteiger partial charge in [-0.3, -0.25) is 4.90 Å². The first-order valence-corrected chi connectivity index (χ1v) is 6.76. The van der Waals surface area contributed by atoms with Crippen molar-refractivity contribution in [1.29, 1.82) is 0 Å². The van der Waals surface area contributed by atoms with E-state index in [1.54, 1.807) is 7.11 Å². The zero-order valence-corrected chi connectivity index (χ0v) is 11.4. The van der Waals surface area contributed by atoms with E-state index in [0.717, 1.165) is 19.6 Å². The van der Waals surface area contributed by atoms with Gasteiger partial charge in [0.1, 0.15) is 0 Å². The van der Waals surface area contributed by atoms with Crippen molar-refractivity contribution in [3.05, 3.63) is 23.9 Å². The maximum absolute atomic E-state index is 5.07. The number of nitrogens with zero attached hydrogens (tertiary/aromatic N) is 2. The van der Waals surface area contributed by atoms with Crippen molar-refractivity contribution in [2.45, 2.75) is 32.4 Å². The van der Waals surface area contributed by atoms with Gasteiger partial charge in [-0.15, -0.1) is 0 Å². The molecule has 1 atom stereocenters. The normalized spacial score (nSPS) is 20.9. The highest BCUT2D eigenvalue weighted by Crippen LogP contribution is 2.14. The van der Waals surface area contributed by atoms with Crippen LogP contribution < -0.4 is 10.1 Å². The molecule has 0 spiro atoms. The zero-order chi connectivity index (χ0) is 12.8. The van der Waals surface area contributed by atoms with Crippen molar-refractivity contribution in [2.24, 2.45) is 0 Å². The number of ether oxygens (including phenoxy) is 1. The van der Waals surface area contributed by atoms with Crippen LogP contribution in [-0.4, -0.2) is 42.7 Å². The summed E-state index contributed by atoms with van der Waals surface area (Å²) < 4.78 is 5.07. The number of nitrogens with one attached hydrogen (secondary N) is 1. The van der Waals surface area contributed by atoms with E-state index in [1.807, 2.05) is 12.3 Å². The van der Waals surface area contributed by atoms with Gasteiger partial charge in [0.15, 0.2) is 0 Å². The van der Waals surface area contributed by atoms with Crippen LogP contribution in [0.1, 0.15) is 25.3 Å². The van der Waals surface area contributed by atoms with E-state index in [-0.39, 0.29) is 0 Å². The van der Waals surface area contributed by atoms with E-state index >= 15 is 0 Å². The minimum Gasteiger partial charge on any atom is -0.481 e. The summed E-state index contributed by atoms with van der Waals surface area (Å²) in [5.41, 5.74) is 1.26. The van der Waals surface area contributed by atoms with E-state index in [1.165, 1.54) is 24.9 Å². The van der Waals surface area contributed by atoms with E-state index < -0.39 is 0 Å². The van der Waals surface area contributed by atoms with Gasteiger partial charge >= 0.3 is 0 Å². The number of hydrogen-bond donors (Lipinski definition) is 1. The van der Waals surface area contributed by atoms with Crippen molar-refractivity contribution in [3.8, 4) is 5.88 Å². The number of hydrogen-bond acceptors (Lipinski definition) is 4. The van der Waals surface area contributed by atoms with E-state index in [9.17, 15) is 0 Å². The molecule has 18 heavy (non-hydrogen) atoms. The van der Waals surface area contributed by atoms with Gasteiger partial charge in [0.05, 0.1) is 7.11 Å². The van der Waals surface area contributed by atoms with Gasteiger partial charge in [-0.2, -0.15) is 0 Å². The second kappa shape index (κ2) is 6.71. The monoisotopic (exact) mass is 249 g/mol. The summed E-state index contributed by atoms with van der Waals surface area (Å²) in [6, 6.07) is 4.68. The molecule has 1 aromatic heterocycles. The van der Waals surface area contributed by atoms with Crippen LogP contribution in [-0.2, 0) is 6.54 Å². The standard InChI is InChI=1S/C14H23N3O/c1-3-15-13-5-4-8-17(11-13)10-12-6-7-14(18-2)16-9-12/h6-7,9,13,15H,3-5,8,10-11H2,1-2H3. The Kier molecular flexibility index (Phi) is 4.96. The molecule has 1 aromatic rings. The maximum atomic E-state index is 5.07. The first-order valence-electron chi connectivity index (χ1n) is 6.76. The van der Waals surface area contributed by atoms with Crippen LogP contribution in [0.25, 0.3) is 0 Å². The number of likely N-dealkylation sites (tertiary alicyclic amines) is 1. The Morgan fingerprint density at radius 1 is 1.50 bits per heavy atom. The van der Waals surface area contributed by atoms with E-state index in [2.05, 4.69) is 28.2 Å². The molecule has 1 aliphatic heterocycles. The Hall–Kier alpha value is -1.13. The highest BCUT2D eigenvalue weighted by molar-refractivity contribution is 5.17. The number of piperidine rings is 1. The fraction of sp³-hybridized carbons (Fsp3) is 0.643. The molecule has 2 heterocycles. The van der Waals surface area contributed by atoms with Crippen LogP contribution in [0.15, 0.2) is 18.3 Å². The largest absolute Gasteiger partial charge is 0.481 e. The minimum atomic E-state index is 0.648. The van der Waals surface area contributed by atoms with E-state index in [4.69, 9.17) is 4.74 Å². The van der Waals surface area contributed by atoms with Crippen LogP contribution in [0.3, 0.4) is 0 Å². The molecule has 0 bridgehead atoms. The second-order valence-corrected chi connectivity index (χ2v) is 4.84. The van der Waals surface area contributed by atoms with Crippen molar-refractivity contribution in [2.75, 3.05) is 26.7 Å². The van der Waals surface area contributed by atoms with Crippen molar-refractivity contribution in [1.82, 2.24) is 15.2 Å². The molecule has 0 amide bonds. The molecule has 100 valence electrons. The highest BCUT2D eigenvalue weighted by atomic mass is 16.5. The molecule has 1 unspecified atom stereocenters. The molecule has 1 aliphatic rings. The van der Waals surface area contributed by atoms with Gasteiger partial charge in [-0.25, -0.2) is 4.98 Å². The smallest absolute Gasteiger partial charge is 0.212 e. The van der Waals surface area contributed by atoms with Gasteiger partial charge in [-0.05, 0) is 31.5 Å². The Balaban J connectivity index is 1.87. The summed E-state index contributed by atoms with van der Waals surface area (Å²) in [6.45, 7) is 6.54.